The van der Waals surface area contributed by atoms with Crippen LogP contribution in [-0.4, -0.2) is 34.2 Å². The van der Waals surface area contributed by atoms with E-state index in [4.69, 9.17) is 0 Å². The summed E-state index contributed by atoms with van der Waals surface area (Å²) in [7, 11) is 1.63. The van der Waals surface area contributed by atoms with Gasteiger partial charge >= 0.3 is 0 Å². The average Bonchev–Trinajstić information content (AvgIpc) is 2.86. The normalized spacial score (nSPS) is 18.6. The summed E-state index contributed by atoms with van der Waals surface area (Å²) in [5, 5.41) is 2.47. The number of nitrogens with one attached hydrogen (secondary N) is 1. The van der Waals surface area contributed by atoms with Crippen molar-refractivity contribution in [2.45, 2.75) is 11.7 Å². The highest BCUT2D eigenvalue weighted by molar-refractivity contribution is 8.15. The largest absolute Gasteiger partial charge is 0.324 e. The number of aliphatic imine (C=N–C) groups is 1. The lowest BCUT2D eigenvalue weighted by Gasteiger charge is -2.09. The number of carbonyl (C=O) groups is 2. The van der Waals surface area contributed by atoms with Gasteiger partial charge in [0.2, 0.25) is 11.8 Å². The summed E-state index contributed by atoms with van der Waals surface area (Å²) in [6.07, 6.45) is -0.0457. The minimum atomic E-state index is -0.570. The Morgan fingerprint density at radius 3 is 2.60 bits per heavy atom. The lowest BCUT2D eigenvalue weighted by molar-refractivity contribution is -0.127. The molecule has 0 saturated carbocycles. The molecule has 0 radical (unpaired) electrons. The zero-order valence-electron chi connectivity index (χ0n) is 13.5. The van der Waals surface area contributed by atoms with Gasteiger partial charge in [0, 0.05) is 13.5 Å². The van der Waals surface area contributed by atoms with Gasteiger partial charge in [-0.1, -0.05) is 42.1 Å². The van der Waals surface area contributed by atoms with E-state index in [1.165, 1.54) is 28.8 Å². The zero-order chi connectivity index (χ0) is 17.8. The highest BCUT2D eigenvalue weighted by Crippen LogP contribution is 2.30. The van der Waals surface area contributed by atoms with Crippen LogP contribution < -0.4 is 5.32 Å². The number of anilines is 1. The van der Waals surface area contributed by atoms with Crippen LogP contribution in [-0.2, 0) is 9.59 Å². The summed E-state index contributed by atoms with van der Waals surface area (Å²) in [5.41, 5.74) is 0.843. The molecule has 1 saturated heterocycles. The van der Waals surface area contributed by atoms with Gasteiger partial charge < -0.3 is 5.32 Å². The summed E-state index contributed by atoms with van der Waals surface area (Å²) in [6, 6.07) is 15.2. The number of amidine groups is 1. The molecule has 5 nitrogen and oxygen atoms in total. The molecule has 1 heterocycles. The molecule has 1 N–H and O–H groups in total. The molecular formula is C18H16FN3O2S. The van der Waals surface area contributed by atoms with Crippen molar-refractivity contribution in [3.8, 4) is 0 Å². The highest BCUT2D eigenvalue weighted by Gasteiger charge is 2.37. The van der Waals surface area contributed by atoms with Crippen LogP contribution in [0.3, 0.4) is 0 Å². The van der Waals surface area contributed by atoms with Crippen molar-refractivity contribution in [3.05, 3.63) is 60.4 Å². The first-order valence-electron chi connectivity index (χ1n) is 7.67. The van der Waals surface area contributed by atoms with Crippen LogP contribution in [0.2, 0.25) is 0 Å². The molecule has 2 aromatic rings. The van der Waals surface area contributed by atoms with Gasteiger partial charge in [-0.3, -0.25) is 14.5 Å². The Bertz CT molecular complexity index is 826. The van der Waals surface area contributed by atoms with Gasteiger partial charge in [0.15, 0.2) is 5.17 Å². The molecule has 0 aromatic heterocycles. The molecule has 7 heteroatoms. The fourth-order valence-electron chi connectivity index (χ4n) is 2.34. The Balaban J connectivity index is 1.67. The number of nitrogens with zero attached hydrogens (tertiary/aromatic N) is 2. The van der Waals surface area contributed by atoms with Crippen LogP contribution in [0.25, 0.3) is 0 Å². The smallest absolute Gasteiger partial charge is 0.242 e. The predicted octanol–water partition coefficient (Wildman–Crippen LogP) is 3.42. The molecule has 25 heavy (non-hydrogen) atoms. The molecule has 0 aliphatic carbocycles. The summed E-state index contributed by atoms with van der Waals surface area (Å²) in [5.74, 6) is -1.11. The maximum atomic E-state index is 13.6. The van der Waals surface area contributed by atoms with Crippen LogP contribution in [0.15, 0.2) is 59.6 Å². The molecule has 1 atom stereocenters. The SMILES string of the molecule is CN1C(=O)[C@@H](CC(=O)Nc2ccccc2F)SC1=Nc1ccccc1. The van der Waals surface area contributed by atoms with Crippen LogP contribution in [0.4, 0.5) is 15.8 Å². The molecule has 128 valence electrons. The Hall–Kier alpha value is -2.67. The Morgan fingerprint density at radius 2 is 1.88 bits per heavy atom. The Kier molecular flexibility index (Phi) is 5.14. The molecule has 0 unspecified atom stereocenters. The average molecular weight is 357 g/mol. The number of thioether (sulfide) groups is 1. The number of amides is 2. The van der Waals surface area contributed by atoms with E-state index in [0.29, 0.717) is 5.17 Å². The lowest BCUT2D eigenvalue weighted by atomic mass is 10.2. The van der Waals surface area contributed by atoms with Crippen molar-refractivity contribution < 1.29 is 14.0 Å². The van der Waals surface area contributed by atoms with Crippen molar-refractivity contribution in [1.29, 1.82) is 0 Å². The van der Waals surface area contributed by atoms with Crippen LogP contribution in [0.1, 0.15) is 6.42 Å². The van der Waals surface area contributed by atoms with Crippen molar-refractivity contribution in [3.63, 3.8) is 0 Å². The van der Waals surface area contributed by atoms with Gasteiger partial charge in [-0.25, -0.2) is 9.38 Å². The van der Waals surface area contributed by atoms with Gasteiger partial charge in [0.05, 0.1) is 11.4 Å². The third-order valence-electron chi connectivity index (χ3n) is 3.64. The number of halogens is 1. The van der Waals surface area contributed by atoms with Crippen molar-refractivity contribution >= 4 is 40.1 Å². The third kappa shape index (κ3) is 4.06. The van der Waals surface area contributed by atoms with Crippen LogP contribution >= 0.6 is 11.8 Å². The summed E-state index contributed by atoms with van der Waals surface area (Å²) >= 11 is 1.24. The van der Waals surface area contributed by atoms with E-state index < -0.39 is 17.0 Å². The molecule has 2 aromatic carbocycles. The number of hydrogen-bond donors (Lipinski definition) is 1. The fraction of sp³-hybridized carbons (Fsp3) is 0.167. The number of rotatable bonds is 4. The first-order chi connectivity index (χ1) is 12.0. The van der Waals surface area contributed by atoms with Gasteiger partial charge in [0.1, 0.15) is 11.1 Å². The molecule has 1 aliphatic rings. The zero-order valence-corrected chi connectivity index (χ0v) is 14.3. The molecular weight excluding hydrogens is 341 g/mol. The molecule has 1 fully saturated rings. The van der Waals surface area contributed by atoms with Crippen LogP contribution in [0, 0.1) is 5.82 Å². The van der Waals surface area contributed by atoms with E-state index in [1.807, 2.05) is 30.3 Å². The number of para-hydroxylation sites is 2. The Morgan fingerprint density at radius 1 is 1.20 bits per heavy atom. The second-order valence-corrected chi connectivity index (χ2v) is 6.64. The van der Waals surface area contributed by atoms with Crippen molar-refractivity contribution in [2.75, 3.05) is 12.4 Å². The lowest BCUT2D eigenvalue weighted by Crippen LogP contribution is -2.30. The molecule has 3 rings (SSSR count). The first kappa shape index (κ1) is 17.2. The minimum absolute atomic E-state index is 0.0457. The predicted molar refractivity (Wildman–Crippen MR) is 97.3 cm³/mol. The standard InChI is InChI=1S/C18H16FN3O2S/c1-22-17(24)15(25-18(22)20-12-7-3-2-4-8-12)11-16(23)21-14-10-6-5-9-13(14)19/h2-10,15H,11H2,1H3,(H,21,23)/t15-/m1/s1. The van der Waals surface area contributed by atoms with E-state index >= 15 is 0 Å². The van der Waals surface area contributed by atoms with Crippen molar-refractivity contribution in [1.82, 2.24) is 4.90 Å². The minimum Gasteiger partial charge on any atom is -0.324 e. The van der Waals surface area contributed by atoms with E-state index in [9.17, 15) is 14.0 Å². The number of hydrogen-bond acceptors (Lipinski definition) is 4. The van der Waals surface area contributed by atoms with Crippen molar-refractivity contribution in [2.24, 2.45) is 4.99 Å². The highest BCUT2D eigenvalue weighted by atomic mass is 32.2. The van der Waals surface area contributed by atoms with Gasteiger partial charge in [0.25, 0.3) is 0 Å². The van der Waals surface area contributed by atoms with E-state index in [1.54, 1.807) is 19.2 Å². The van der Waals surface area contributed by atoms with Gasteiger partial charge in [-0.15, -0.1) is 0 Å². The maximum Gasteiger partial charge on any atom is 0.242 e. The topological polar surface area (TPSA) is 61.8 Å². The van der Waals surface area contributed by atoms with Crippen LogP contribution in [0.5, 0.6) is 0 Å². The molecule has 2 amide bonds. The monoisotopic (exact) mass is 357 g/mol. The molecule has 0 bridgehead atoms. The third-order valence-corrected chi connectivity index (χ3v) is 4.87. The van der Waals surface area contributed by atoms with E-state index in [0.717, 1.165) is 5.69 Å². The molecule has 0 spiro atoms. The summed E-state index contributed by atoms with van der Waals surface area (Å²) in [6.45, 7) is 0. The van der Waals surface area contributed by atoms with E-state index in [-0.39, 0.29) is 18.0 Å². The summed E-state index contributed by atoms with van der Waals surface area (Å²) < 4.78 is 13.6. The van der Waals surface area contributed by atoms with Gasteiger partial charge in [-0.2, -0.15) is 0 Å². The van der Waals surface area contributed by atoms with E-state index in [2.05, 4.69) is 10.3 Å². The fourth-order valence-corrected chi connectivity index (χ4v) is 3.50. The Labute approximate surface area is 148 Å². The second kappa shape index (κ2) is 7.48. The summed E-state index contributed by atoms with van der Waals surface area (Å²) in [4.78, 5) is 30.3. The number of carbonyl (C=O) groups excluding carboxylic acids is 2. The quantitative estimate of drug-likeness (QED) is 0.912. The van der Waals surface area contributed by atoms with Gasteiger partial charge in [-0.05, 0) is 24.3 Å². The number of benzene rings is 2. The second-order valence-electron chi connectivity index (χ2n) is 5.47. The molecule has 1 aliphatic heterocycles. The maximum absolute atomic E-state index is 13.6. The first-order valence-corrected chi connectivity index (χ1v) is 8.55.